The highest BCUT2D eigenvalue weighted by atomic mass is 79.9. The number of carbonyl (C=O) groups excluding carboxylic acids is 1. The Morgan fingerprint density at radius 3 is 2.39 bits per heavy atom. The summed E-state index contributed by atoms with van der Waals surface area (Å²) in [5.74, 6) is -0.148. The van der Waals surface area contributed by atoms with Crippen LogP contribution in [0.25, 0.3) is 0 Å². The zero-order valence-corrected chi connectivity index (χ0v) is 12.1. The largest absolute Gasteiger partial charge is 0.467 e. The van der Waals surface area contributed by atoms with Gasteiger partial charge < -0.3 is 10.1 Å². The summed E-state index contributed by atoms with van der Waals surface area (Å²) in [4.78, 5) is 12.1. The van der Waals surface area contributed by atoms with Gasteiger partial charge in [-0.25, -0.2) is 4.79 Å². The fraction of sp³-hybridized carbons (Fsp3) is 0.500. The predicted molar refractivity (Wildman–Crippen MR) is 75.6 cm³/mol. The lowest BCUT2D eigenvalue weighted by atomic mass is 9.81. The molecule has 0 unspecified atom stereocenters. The number of hydrogen-bond donors (Lipinski definition) is 1. The highest BCUT2D eigenvalue weighted by Gasteiger charge is 2.40. The maximum atomic E-state index is 12.1. The van der Waals surface area contributed by atoms with Crippen LogP contribution in [0.3, 0.4) is 0 Å². The minimum atomic E-state index is -0.541. The maximum Gasteiger partial charge on any atom is 0.331 e. The molecule has 1 aliphatic carbocycles. The predicted octanol–water partition coefficient (Wildman–Crippen LogP) is 3.74. The zero-order valence-electron chi connectivity index (χ0n) is 10.5. The average Bonchev–Trinajstić information content (AvgIpc) is 2.41. The van der Waals surface area contributed by atoms with Crippen LogP contribution in [0.4, 0.5) is 5.69 Å². The first-order valence-corrected chi connectivity index (χ1v) is 7.08. The molecule has 98 valence electrons. The molecular weight excluding hydrogens is 294 g/mol. The van der Waals surface area contributed by atoms with Crippen LogP contribution in [0.5, 0.6) is 0 Å². The van der Waals surface area contributed by atoms with Crippen molar-refractivity contribution < 1.29 is 9.53 Å². The first-order chi connectivity index (χ1) is 8.66. The van der Waals surface area contributed by atoms with Crippen molar-refractivity contribution in [2.75, 3.05) is 12.4 Å². The molecule has 0 spiro atoms. The molecule has 3 nitrogen and oxygen atoms in total. The van der Waals surface area contributed by atoms with Crippen molar-refractivity contribution in [1.82, 2.24) is 0 Å². The minimum Gasteiger partial charge on any atom is -0.467 e. The third-order valence-electron chi connectivity index (χ3n) is 3.51. The number of nitrogens with one attached hydrogen (secondary N) is 1. The summed E-state index contributed by atoms with van der Waals surface area (Å²) in [7, 11) is 1.46. The average molecular weight is 312 g/mol. The van der Waals surface area contributed by atoms with E-state index in [1.54, 1.807) is 0 Å². The molecule has 0 atom stereocenters. The molecule has 1 aromatic rings. The summed E-state index contributed by atoms with van der Waals surface area (Å²) < 4.78 is 6.01. The lowest BCUT2D eigenvalue weighted by Gasteiger charge is -2.36. The van der Waals surface area contributed by atoms with Crippen LogP contribution >= 0.6 is 15.9 Å². The first-order valence-electron chi connectivity index (χ1n) is 6.28. The Morgan fingerprint density at radius 1 is 1.22 bits per heavy atom. The van der Waals surface area contributed by atoms with E-state index in [0.717, 1.165) is 35.8 Å². The normalized spacial score (nSPS) is 18.1. The van der Waals surface area contributed by atoms with E-state index in [2.05, 4.69) is 21.2 Å². The molecule has 0 heterocycles. The second-order valence-corrected chi connectivity index (χ2v) is 5.68. The fourth-order valence-corrected chi connectivity index (χ4v) is 2.80. The van der Waals surface area contributed by atoms with Gasteiger partial charge in [0.1, 0.15) is 5.54 Å². The van der Waals surface area contributed by atoms with Gasteiger partial charge >= 0.3 is 5.97 Å². The number of hydrogen-bond acceptors (Lipinski definition) is 3. The Labute approximate surface area is 116 Å². The number of carbonyl (C=O) groups is 1. The lowest BCUT2D eigenvalue weighted by Crippen LogP contribution is -2.48. The maximum absolute atomic E-state index is 12.1. The molecule has 0 aromatic heterocycles. The van der Waals surface area contributed by atoms with Gasteiger partial charge in [-0.05, 0) is 37.1 Å². The van der Waals surface area contributed by atoms with E-state index in [1.165, 1.54) is 13.5 Å². The van der Waals surface area contributed by atoms with Crippen LogP contribution in [-0.4, -0.2) is 18.6 Å². The number of benzene rings is 1. The Morgan fingerprint density at radius 2 is 1.83 bits per heavy atom. The topological polar surface area (TPSA) is 38.3 Å². The van der Waals surface area contributed by atoms with E-state index < -0.39 is 5.54 Å². The molecule has 18 heavy (non-hydrogen) atoms. The molecule has 4 heteroatoms. The molecule has 0 radical (unpaired) electrons. The Kier molecular flexibility index (Phi) is 4.27. The van der Waals surface area contributed by atoms with Gasteiger partial charge in [0.15, 0.2) is 0 Å². The molecule has 1 saturated carbocycles. The van der Waals surface area contributed by atoms with Gasteiger partial charge in [-0.1, -0.05) is 35.2 Å². The Balaban J connectivity index is 2.19. The van der Waals surface area contributed by atoms with Gasteiger partial charge in [-0.2, -0.15) is 0 Å². The number of halogens is 1. The Bertz CT molecular complexity index is 410. The van der Waals surface area contributed by atoms with Crippen LogP contribution < -0.4 is 5.32 Å². The van der Waals surface area contributed by atoms with E-state index in [0.29, 0.717) is 0 Å². The van der Waals surface area contributed by atoms with Crippen LogP contribution in [-0.2, 0) is 9.53 Å². The molecule has 1 N–H and O–H groups in total. The fourth-order valence-electron chi connectivity index (χ4n) is 2.54. The molecule has 0 aliphatic heterocycles. The van der Waals surface area contributed by atoms with Crippen LogP contribution in [0.1, 0.15) is 32.1 Å². The molecular formula is C14H18BrNO2. The van der Waals surface area contributed by atoms with E-state index in [1.807, 2.05) is 24.3 Å². The number of methoxy groups -OCH3 is 1. The van der Waals surface area contributed by atoms with Gasteiger partial charge in [0.25, 0.3) is 0 Å². The third kappa shape index (κ3) is 2.86. The van der Waals surface area contributed by atoms with E-state index >= 15 is 0 Å². The number of rotatable bonds is 3. The summed E-state index contributed by atoms with van der Waals surface area (Å²) in [6.45, 7) is 0. The quantitative estimate of drug-likeness (QED) is 0.864. The summed E-state index contributed by atoms with van der Waals surface area (Å²) in [6, 6.07) is 7.89. The summed E-state index contributed by atoms with van der Waals surface area (Å²) >= 11 is 3.41. The van der Waals surface area contributed by atoms with E-state index in [4.69, 9.17) is 4.74 Å². The standard InChI is InChI=1S/C14H18BrNO2/c1-18-13(17)14(9-3-2-4-10-14)16-12-7-5-11(15)6-8-12/h5-8,16H,2-4,9-10H2,1H3. The second kappa shape index (κ2) is 5.74. The second-order valence-electron chi connectivity index (χ2n) is 4.77. The third-order valence-corrected chi connectivity index (χ3v) is 4.04. The van der Waals surface area contributed by atoms with Crippen molar-refractivity contribution >= 4 is 27.6 Å². The van der Waals surface area contributed by atoms with Gasteiger partial charge in [-0.3, -0.25) is 0 Å². The smallest absolute Gasteiger partial charge is 0.331 e. The van der Waals surface area contributed by atoms with Crippen molar-refractivity contribution in [2.45, 2.75) is 37.6 Å². The highest BCUT2D eigenvalue weighted by Crippen LogP contribution is 2.33. The minimum absolute atomic E-state index is 0.148. The Hall–Kier alpha value is -1.03. The van der Waals surface area contributed by atoms with Gasteiger partial charge in [-0.15, -0.1) is 0 Å². The van der Waals surface area contributed by atoms with Gasteiger partial charge in [0, 0.05) is 10.2 Å². The molecule has 1 aliphatic rings. The van der Waals surface area contributed by atoms with Crippen LogP contribution in [0.15, 0.2) is 28.7 Å². The molecule has 0 saturated heterocycles. The number of anilines is 1. The first kappa shape index (κ1) is 13.4. The van der Waals surface area contributed by atoms with Gasteiger partial charge in [0.05, 0.1) is 7.11 Å². The summed E-state index contributed by atoms with van der Waals surface area (Å²) in [6.07, 6.45) is 5.02. The summed E-state index contributed by atoms with van der Waals surface area (Å²) in [5, 5.41) is 3.38. The van der Waals surface area contributed by atoms with E-state index in [9.17, 15) is 4.79 Å². The molecule has 0 bridgehead atoms. The van der Waals surface area contributed by atoms with Crippen LogP contribution in [0, 0.1) is 0 Å². The zero-order chi connectivity index (χ0) is 13.0. The molecule has 0 amide bonds. The van der Waals surface area contributed by atoms with E-state index in [-0.39, 0.29) is 5.97 Å². The van der Waals surface area contributed by atoms with Crippen molar-refractivity contribution in [2.24, 2.45) is 0 Å². The highest BCUT2D eigenvalue weighted by molar-refractivity contribution is 9.10. The van der Waals surface area contributed by atoms with Gasteiger partial charge in [0.2, 0.25) is 0 Å². The number of ether oxygens (including phenoxy) is 1. The van der Waals surface area contributed by atoms with Crippen molar-refractivity contribution in [3.63, 3.8) is 0 Å². The monoisotopic (exact) mass is 311 g/mol. The van der Waals surface area contributed by atoms with Crippen molar-refractivity contribution in [3.05, 3.63) is 28.7 Å². The molecule has 1 fully saturated rings. The number of esters is 1. The molecule has 2 rings (SSSR count). The SMILES string of the molecule is COC(=O)C1(Nc2ccc(Br)cc2)CCCCC1. The van der Waals surface area contributed by atoms with Crippen molar-refractivity contribution in [3.8, 4) is 0 Å². The van der Waals surface area contributed by atoms with Crippen molar-refractivity contribution in [1.29, 1.82) is 0 Å². The van der Waals surface area contributed by atoms with Crippen LogP contribution in [0.2, 0.25) is 0 Å². The molecule has 1 aromatic carbocycles. The summed E-state index contributed by atoms with van der Waals surface area (Å²) in [5.41, 5.74) is 0.423. The lowest BCUT2D eigenvalue weighted by molar-refractivity contribution is -0.147.